The molecule has 51 heavy (non-hydrogen) atoms. The van der Waals surface area contributed by atoms with Gasteiger partial charge in [-0.2, -0.15) is 5.10 Å². The number of anilines is 2. The molecule has 272 valence electrons. The van der Waals surface area contributed by atoms with Crippen LogP contribution >= 0.6 is 11.6 Å². The predicted octanol–water partition coefficient (Wildman–Crippen LogP) is 6.04. The van der Waals surface area contributed by atoms with Crippen molar-refractivity contribution in [1.82, 2.24) is 14.5 Å². The molecule has 0 saturated heterocycles. The third-order valence-corrected chi connectivity index (χ3v) is 12.8. The number of hydrogen-bond donors (Lipinski definition) is 2. The fraction of sp³-hybridized carbons (Fsp3) is 0.486. The second-order valence-corrected chi connectivity index (χ2v) is 16.9. The molecule has 7 rings (SSSR count). The Kier molecular flexibility index (Phi) is 9.68. The number of hydrogen-bond acceptors (Lipinski definition) is 8. The SMILES string of the molecule is CO[C@H]1/C=C/COC(C)(C)C(=O)N=[S@](=O)(NC(=O)Nc2cnn(C)c2)c2ccc3c(c2)N(C[C@@H]2CC[C@H]21)C[C@@]1(CCCc2cc(Cl)ccc21)CO3. The van der Waals surface area contributed by atoms with Crippen LogP contribution < -0.4 is 19.7 Å². The fourth-order valence-corrected chi connectivity index (χ4v) is 9.58. The molecule has 12 nitrogen and oxygen atoms in total. The van der Waals surface area contributed by atoms with Crippen LogP contribution in [0.15, 0.2) is 70.2 Å². The second kappa shape index (κ2) is 13.9. The molecule has 2 bridgehead atoms. The van der Waals surface area contributed by atoms with Crippen LogP contribution in [0.25, 0.3) is 0 Å². The highest BCUT2D eigenvalue weighted by atomic mass is 35.5. The molecular formula is C37H45ClN6O6S. The van der Waals surface area contributed by atoms with Crippen LogP contribution in [0.4, 0.5) is 16.2 Å². The normalized spacial score (nSPS) is 29.3. The van der Waals surface area contributed by atoms with E-state index in [0.29, 0.717) is 37.1 Å². The summed E-state index contributed by atoms with van der Waals surface area (Å²) in [5.41, 5.74) is 1.83. The van der Waals surface area contributed by atoms with Crippen molar-refractivity contribution in [3.63, 3.8) is 0 Å². The number of aryl methyl sites for hydroxylation is 2. The van der Waals surface area contributed by atoms with E-state index in [2.05, 4.69) is 36.5 Å². The van der Waals surface area contributed by atoms with Crippen LogP contribution in [0, 0.1) is 11.8 Å². The van der Waals surface area contributed by atoms with Crippen LogP contribution in [0.1, 0.15) is 50.7 Å². The van der Waals surface area contributed by atoms with E-state index in [1.54, 1.807) is 52.4 Å². The first-order valence-electron chi connectivity index (χ1n) is 17.4. The Morgan fingerprint density at radius 2 is 2.02 bits per heavy atom. The van der Waals surface area contributed by atoms with Gasteiger partial charge in [0.1, 0.15) is 11.4 Å². The minimum Gasteiger partial charge on any atom is -0.490 e. The van der Waals surface area contributed by atoms with Crippen molar-refractivity contribution in [2.24, 2.45) is 23.2 Å². The number of carbonyl (C=O) groups is 2. The fourth-order valence-electron chi connectivity index (χ4n) is 7.84. The van der Waals surface area contributed by atoms with Gasteiger partial charge < -0.3 is 24.4 Å². The number of fused-ring (bicyclic) bond motifs is 4. The summed E-state index contributed by atoms with van der Waals surface area (Å²) in [5.74, 6) is 0.434. The zero-order valence-electron chi connectivity index (χ0n) is 29.4. The Morgan fingerprint density at radius 3 is 2.76 bits per heavy atom. The Hall–Kier alpha value is -3.91. The highest BCUT2D eigenvalue weighted by molar-refractivity contribution is 7.92. The molecule has 2 aliphatic heterocycles. The molecule has 1 spiro atoms. The number of carbonyl (C=O) groups excluding carboxylic acids is 2. The number of amides is 3. The van der Waals surface area contributed by atoms with Crippen molar-refractivity contribution in [3.05, 3.63) is 77.1 Å². The highest BCUT2D eigenvalue weighted by Gasteiger charge is 2.44. The van der Waals surface area contributed by atoms with Gasteiger partial charge in [0.25, 0.3) is 5.91 Å². The average molecular weight is 737 g/mol. The van der Waals surface area contributed by atoms with Gasteiger partial charge in [-0.25, -0.2) is 13.7 Å². The molecule has 3 aromatic rings. The zero-order chi connectivity index (χ0) is 36.0. The van der Waals surface area contributed by atoms with E-state index in [4.69, 9.17) is 25.8 Å². The minimum absolute atomic E-state index is 0.120. The molecule has 4 aliphatic rings. The number of urea groups is 1. The standard InChI is InChI=1S/C37H45ClN6O6S/c1-36(2)34(45)41-51(47,42-35(46)40-27-19-39-43(3)21-27)28-11-14-33-31(18-28)44(20-25-9-12-29(25)32(48-4)8-6-16-50-36)22-37(23-49-33)15-5-7-24-17-26(38)10-13-30(24)37/h6,8,10-11,13-14,17-19,21,25,29,32H,5,7,9,12,15-16,20,22-23H2,1-4H3,(H2,40,41,42,45,46,47)/b8-6+/t25-,29+,32-,37-,51-/m0/s1. The molecular weight excluding hydrogens is 692 g/mol. The number of halogens is 1. The van der Waals surface area contributed by atoms with Crippen LogP contribution in [0.3, 0.4) is 0 Å². The summed E-state index contributed by atoms with van der Waals surface area (Å²) in [4.78, 5) is 29.6. The summed E-state index contributed by atoms with van der Waals surface area (Å²) in [6.45, 7) is 5.08. The van der Waals surface area contributed by atoms with E-state index >= 15 is 0 Å². The van der Waals surface area contributed by atoms with Gasteiger partial charge in [-0.05, 0) is 99.2 Å². The van der Waals surface area contributed by atoms with Crippen molar-refractivity contribution in [2.45, 2.75) is 68.0 Å². The number of nitrogens with one attached hydrogen (secondary N) is 2. The van der Waals surface area contributed by atoms with E-state index in [1.165, 1.54) is 22.0 Å². The number of nitrogens with zero attached hydrogens (tertiary/aromatic N) is 4. The van der Waals surface area contributed by atoms with E-state index in [1.807, 2.05) is 18.2 Å². The number of rotatable bonds is 3. The summed E-state index contributed by atoms with van der Waals surface area (Å²) in [7, 11) is -0.460. The van der Waals surface area contributed by atoms with Gasteiger partial charge >= 0.3 is 6.03 Å². The van der Waals surface area contributed by atoms with Gasteiger partial charge in [0.15, 0.2) is 9.92 Å². The van der Waals surface area contributed by atoms with E-state index in [-0.39, 0.29) is 28.9 Å². The number of ether oxygens (including phenoxy) is 3. The molecule has 2 N–H and O–H groups in total. The first kappa shape index (κ1) is 35.5. The Labute approximate surface area is 304 Å². The van der Waals surface area contributed by atoms with Crippen molar-refractivity contribution in [3.8, 4) is 5.75 Å². The Balaban J connectivity index is 1.35. The van der Waals surface area contributed by atoms with E-state index in [0.717, 1.165) is 42.8 Å². The van der Waals surface area contributed by atoms with Crippen molar-refractivity contribution < 1.29 is 28.0 Å². The van der Waals surface area contributed by atoms with Crippen LogP contribution in [0.2, 0.25) is 5.02 Å². The Morgan fingerprint density at radius 1 is 1.18 bits per heavy atom. The van der Waals surface area contributed by atoms with Crippen LogP contribution in [0.5, 0.6) is 5.75 Å². The summed E-state index contributed by atoms with van der Waals surface area (Å²) < 4.78 is 41.9. The van der Waals surface area contributed by atoms with Crippen molar-refractivity contribution in [2.75, 3.05) is 43.6 Å². The lowest BCUT2D eigenvalue weighted by Crippen LogP contribution is -2.49. The first-order chi connectivity index (χ1) is 24.4. The summed E-state index contributed by atoms with van der Waals surface area (Å²) in [5, 5.41) is 7.45. The topological polar surface area (TPSA) is 136 Å². The first-order valence-corrected chi connectivity index (χ1v) is 19.3. The molecule has 1 fully saturated rings. The summed E-state index contributed by atoms with van der Waals surface area (Å²) in [6.07, 6.45) is 11.7. The molecule has 1 saturated carbocycles. The van der Waals surface area contributed by atoms with E-state index in [9.17, 15) is 13.8 Å². The van der Waals surface area contributed by atoms with E-state index < -0.39 is 27.5 Å². The maximum absolute atomic E-state index is 15.0. The Bertz CT molecular complexity index is 1990. The molecule has 2 aromatic carbocycles. The molecule has 1 aromatic heterocycles. The molecule has 14 heteroatoms. The number of benzene rings is 2. The predicted molar refractivity (Wildman–Crippen MR) is 196 cm³/mol. The van der Waals surface area contributed by atoms with Gasteiger partial charge in [-0.3, -0.25) is 9.48 Å². The van der Waals surface area contributed by atoms with Gasteiger partial charge in [-0.15, -0.1) is 4.36 Å². The van der Waals surface area contributed by atoms with Crippen LogP contribution in [-0.2, 0) is 43.1 Å². The monoisotopic (exact) mass is 736 g/mol. The van der Waals surface area contributed by atoms with Crippen molar-refractivity contribution >= 4 is 44.8 Å². The lowest BCUT2D eigenvalue weighted by Gasteiger charge is -2.46. The van der Waals surface area contributed by atoms with Crippen LogP contribution in [-0.4, -0.2) is 71.0 Å². The molecule has 0 unspecified atom stereocenters. The molecule has 3 amide bonds. The number of methoxy groups -OCH3 is 1. The zero-order valence-corrected chi connectivity index (χ0v) is 31.0. The quantitative estimate of drug-likeness (QED) is 0.311. The largest absolute Gasteiger partial charge is 0.490 e. The third kappa shape index (κ3) is 7.13. The molecule has 0 radical (unpaired) electrons. The highest BCUT2D eigenvalue weighted by Crippen LogP contribution is 2.47. The van der Waals surface area contributed by atoms with Gasteiger partial charge in [-0.1, -0.05) is 29.8 Å². The third-order valence-electron chi connectivity index (χ3n) is 10.7. The number of aromatic nitrogens is 2. The summed E-state index contributed by atoms with van der Waals surface area (Å²) in [6, 6.07) is 10.5. The van der Waals surface area contributed by atoms with Gasteiger partial charge in [0.2, 0.25) is 0 Å². The molecule has 3 heterocycles. The molecule has 2 aliphatic carbocycles. The maximum atomic E-state index is 15.0. The maximum Gasteiger partial charge on any atom is 0.332 e. The lowest BCUT2D eigenvalue weighted by atomic mass is 9.68. The van der Waals surface area contributed by atoms with Crippen molar-refractivity contribution in [1.29, 1.82) is 0 Å². The lowest BCUT2D eigenvalue weighted by molar-refractivity contribution is -0.137. The average Bonchev–Trinajstić information content (AvgIpc) is 3.42. The second-order valence-electron chi connectivity index (χ2n) is 14.6. The van der Waals surface area contributed by atoms with Gasteiger partial charge in [0, 0.05) is 43.9 Å². The summed E-state index contributed by atoms with van der Waals surface area (Å²) >= 11 is 6.46. The van der Waals surface area contributed by atoms with Gasteiger partial charge in [0.05, 0.1) is 41.8 Å². The minimum atomic E-state index is -3.90. The molecule has 5 atom stereocenters. The smallest absolute Gasteiger partial charge is 0.332 e.